The second-order valence-corrected chi connectivity index (χ2v) is 40.9. The molecular weight excluding hydrogens is 1880 g/mol. The van der Waals surface area contributed by atoms with Crippen LogP contribution in [0.3, 0.4) is 0 Å². The van der Waals surface area contributed by atoms with E-state index in [1.165, 1.54) is 76.2 Å². The first-order valence-electron chi connectivity index (χ1n) is 53.8. The molecule has 41 nitrogen and oxygen atoms in total. The highest BCUT2D eigenvalue weighted by Crippen LogP contribution is 2.67. The maximum Gasteiger partial charge on any atom is 0.306 e. The second kappa shape index (κ2) is 68.9. The Hall–Kier alpha value is -6.66. The zero-order valence-electron chi connectivity index (χ0n) is 86.0. The van der Waals surface area contributed by atoms with Crippen LogP contribution in [0.5, 0.6) is 0 Å². The molecule has 3 saturated carbocycles. The Labute approximate surface area is 850 Å². The van der Waals surface area contributed by atoms with Crippen LogP contribution < -0.4 is 47.9 Å². The number of hydrogen-bond acceptors (Lipinski definition) is 32. The lowest BCUT2D eigenvalue weighted by molar-refractivity contribution is -0.301. The molecule has 0 spiro atoms. The Morgan fingerprint density at radius 3 is 1.22 bits per heavy atom. The summed E-state index contributed by atoms with van der Waals surface area (Å²) in [6, 6.07) is 0. The molecule has 3 heterocycles. The molecule has 23 atom stereocenters. The van der Waals surface area contributed by atoms with E-state index < -0.39 is 154 Å². The van der Waals surface area contributed by atoms with Crippen molar-refractivity contribution in [1.82, 2.24) is 47.9 Å². The van der Waals surface area contributed by atoms with E-state index in [0.29, 0.717) is 100 Å². The van der Waals surface area contributed by atoms with Gasteiger partial charge in [0, 0.05) is 130 Å². The summed E-state index contributed by atoms with van der Waals surface area (Å²) in [5.74, 6) is -0.822. The van der Waals surface area contributed by atoms with Gasteiger partial charge < -0.3 is 156 Å². The number of allylic oxidation sites excluding steroid dienone is 3. The van der Waals surface area contributed by atoms with Crippen molar-refractivity contribution in [3.63, 3.8) is 0 Å². The summed E-state index contributed by atoms with van der Waals surface area (Å²) in [6.45, 7) is 7.03. The average molecular weight is 2060 g/mol. The molecular formula is C103H179N9O32. The van der Waals surface area contributed by atoms with Crippen molar-refractivity contribution < 1.29 is 157 Å². The van der Waals surface area contributed by atoms with Gasteiger partial charge in [0.2, 0.25) is 53.2 Å². The highest BCUT2D eigenvalue weighted by atomic mass is 16.7. The first-order chi connectivity index (χ1) is 69.3. The number of esters is 1. The molecule has 0 aromatic heterocycles. The van der Waals surface area contributed by atoms with E-state index in [2.05, 4.69) is 93.8 Å². The van der Waals surface area contributed by atoms with Gasteiger partial charge in [-0.25, -0.2) is 0 Å². The summed E-state index contributed by atoms with van der Waals surface area (Å²) in [4.78, 5) is 132. The first kappa shape index (κ1) is 124. The third-order valence-electron chi connectivity index (χ3n) is 29.7. The molecule has 4 aliphatic carbocycles. The monoisotopic (exact) mass is 2050 g/mol. The minimum Gasteiger partial charge on any atom is -0.462 e. The van der Waals surface area contributed by atoms with E-state index in [9.17, 15) is 109 Å². The van der Waals surface area contributed by atoms with Gasteiger partial charge >= 0.3 is 5.97 Å². The normalized spacial score (nSPS) is 28.0. The standard InChI is InChI=1S/C103H179N9O32/c1-5-6-7-8-9-10-11-12-13-14-15-16-17-18-19-34-88(125)141-71-41-46-101(3)70(61-71)36-37-72-74-39-38-73(102(74,4)47-42-75(72)101)69(2)35-40-83(120)104-48-26-33-82(119)111-62-87(124)112-103(66-135-58-43-84(121)108-52-27-49-105-79(116)30-20-23-55-138-98-95(132)92(129)89(126)76(63-113)142-98,67-136-59-44-85(122)109-53-28-50-106-80(117)31-21-24-56-139-99-96(133)93(130)90(127)77(64-114)143-99)68-137-60-45-86(123)110-54-29-51-107-81(118)32-22-25-57-140-100-97(134)94(131)91(128)78(65-115)144-100/h12-13,36,69,71-78,89-100,113-115,126-134H,5-11,14-35,37-68H2,1-4H3,(H,104,120)(H,105,116)(H,106,117)(H,107,118)(H,108,121)(H,109,122)(H,110,123)(H,111,119)(H,112,124)/b13-12-/t69?,71-,72?,73+,74?,75?,76+,77+,78+,89-,90-,91-,92-,93-,94-,95+,96+,97+,98+,99+,100+,101-,102+/m0/s1. The number of aliphatic hydroxyl groups excluding tert-OH is 12. The molecule has 41 heteroatoms. The zero-order chi connectivity index (χ0) is 105. The van der Waals surface area contributed by atoms with Crippen LogP contribution in [0.1, 0.15) is 291 Å². The summed E-state index contributed by atoms with van der Waals surface area (Å²) >= 11 is 0. The number of nitrogens with one attached hydrogen (secondary N) is 9. The Bertz CT molecular complexity index is 3570. The lowest BCUT2D eigenvalue weighted by atomic mass is 9.47. The number of unbranched alkanes of at least 4 members (excludes halogenated alkanes) is 14. The van der Waals surface area contributed by atoms with Gasteiger partial charge in [0.25, 0.3) is 0 Å². The lowest BCUT2D eigenvalue weighted by Gasteiger charge is -2.58. The predicted molar refractivity (Wildman–Crippen MR) is 528 cm³/mol. The first-order valence-corrected chi connectivity index (χ1v) is 53.8. The fourth-order valence-electron chi connectivity index (χ4n) is 21.1. The highest BCUT2D eigenvalue weighted by molar-refractivity contribution is 5.85. The lowest BCUT2D eigenvalue weighted by Crippen LogP contribution is -2.60. The van der Waals surface area contributed by atoms with E-state index in [1.807, 2.05) is 0 Å². The van der Waals surface area contributed by atoms with Crippen molar-refractivity contribution in [2.75, 3.05) is 132 Å². The molecule has 0 aromatic rings. The number of carbonyl (C=O) groups excluding carboxylic acids is 10. The van der Waals surface area contributed by atoms with Gasteiger partial charge in [0.15, 0.2) is 18.9 Å². The number of aliphatic hydroxyl groups is 12. The van der Waals surface area contributed by atoms with Crippen LogP contribution in [0.15, 0.2) is 23.8 Å². The number of ether oxygens (including phenoxy) is 10. The molecule has 6 fully saturated rings. The SMILES string of the molecule is CCCCCCCC/C=C\CCCCCCCC(=O)O[C@H]1CC[C@@]2(C)C(=CCC3C2CC[C@@]2(C)C3CC[C@@H]2C(C)CCC(=O)NCCCC(=O)NCC(=O)NC(COCCC(=O)NCCCNC(=O)CCCCO[C@@H]2O[C@H](CO)[C@H](O)[C@H](O)[C@H]2O)(COCCC(=O)NCCCNC(=O)CCCCO[C@@H]2O[C@H](CO)[C@H](O)[C@H](O)[C@H]2O)COCCC(=O)NCCCNC(=O)CCCCO[C@@H]2O[C@H](CO)[C@H](O)[C@H](O)[C@H]2O)C1. The van der Waals surface area contributed by atoms with Gasteiger partial charge in [-0.3, -0.25) is 47.9 Å². The summed E-state index contributed by atoms with van der Waals surface area (Å²) < 4.78 is 57.1. The van der Waals surface area contributed by atoms with E-state index in [4.69, 9.17) is 47.4 Å². The smallest absolute Gasteiger partial charge is 0.306 e. The molecule has 9 amide bonds. The van der Waals surface area contributed by atoms with Crippen LogP contribution in [-0.2, 0) is 95.3 Å². The maximum absolute atomic E-state index is 14.2. The topological polar surface area (TPSA) is 614 Å². The van der Waals surface area contributed by atoms with E-state index in [-0.39, 0.29) is 203 Å². The Morgan fingerprint density at radius 2 is 0.785 bits per heavy atom. The van der Waals surface area contributed by atoms with Crippen molar-refractivity contribution in [1.29, 1.82) is 0 Å². The van der Waals surface area contributed by atoms with Crippen molar-refractivity contribution in [2.45, 2.75) is 395 Å². The predicted octanol–water partition coefficient (Wildman–Crippen LogP) is 2.85. The third-order valence-corrected chi connectivity index (χ3v) is 29.7. The van der Waals surface area contributed by atoms with Gasteiger partial charge in [-0.15, -0.1) is 0 Å². The van der Waals surface area contributed by atoms with Gasteiger partial charge in [-0.1, -0.05) is 103 Å². The average Bonchev–Trinajstić information content (AvgIpc) is 1.49. The van der Waals surface area contributed by atoms with Crippen molar-refractivity contribution in [2.24, 2.45) is 40.4 Å². The fraction of sp³-hybridized carbons (Fsp3) is 0.864. The van der Waals surface area contributed by atoms with E-state index in [0.717, 1.165) is 70.6 Å². The summed E-state index contributed by atoms with van der Waals surface area (Å²) in [7, 11) is 0. The second-order valence-electron chi connectivity index (χ2n) is 40.9. The minimum absolute atomic E-state index is 0.0339. The van der Waals surface area contributed by atoms with E-state index >= 15 is 0 Å². The zero-order valence-corrected chi connectivity index (χ0v) is 86.0. The van der Waals surface area contributed by atoms with Gasteiger partial charge in [0.1, 0.15) is 84.9 Å². The van der Waals surface area contributed by atoms with Crippen LogP contribution in [0.2, 0.25) is 0 Å². The van der Waals surface area contributed by atoms with Gasteiger partial charge in [0.05, 0.1) is 66.0 Å². The summed E-state index contributed by atoms with van der Waals surface area (Å²) in [5.41, 5.74) is 0.147. The van der Waals surface area contributed by atoms with Crippen LogP contribution in [-0.4, -0.2) is 356 Å². The Morgan fingerprint density at radius 1 is 0.403 bits per heavy atom. The summed E-state index contributed by atoms with van der Waals surface area (Å²) in [5, 5.41) is 145. The number of carbonyl (C=O) groups is 10. The molecule has 0 bridgehead atoms. The van der Waals surface area contributed by atoms with Crippen molar-refractivity contribution in [3.05, 3.63) is 23.8 Å². The third kappa shape index (κ3) is 43.7. The Kier molecular flexibility index (Phi) is 59.5. The van der Waals surface area contributed by atoms with Crippen molar-refractivity contribution in [3.8, 4) is 0 Å². The molecule has 21 N–H and O–H groups in total. The molecule has 3 aliphatic heterocycles. The van der Waals surface area contributed by atoms with Crippen LogP contribution >= 0.6 is 0 Å². The minimum atomic E-state index is -1.61. The van der Waals surface area contributed by atoms with Crippen molar-refractivity contribution >= 4 is 59.1 Å². The van der Waals surface area contributed by atoms with Crippen LogP contribution in [0, 0.1) is 40.4 Å². The van der Waals surface area contributed by atoms with E-state index in [1.54, 1.807) is 0 Å². The molecule has 4 unspecified atom stereocenters. The van der Waals surface area contributed by atoms with Crippen LogP contribution in [0.25, 0.3) is 0 Å². The highest BCUT2D eigenvalue weighted by Gasteiger charge is 2.60. The number of hydrogen-bond donors (Lipinski definition) is 21. The molecule has 144 heavy (non-hydrogen) atoms. The molecule has 7 aliphatic rings. The quantitative estimate of drug-likeness (QED) is 0.0236. The summed E-state index contributed by atoms with van der Waals surface area (Å²) in [6.07, 6.45) is 15.2. The molecule has 828 valence electrons. The maximum atomic E-state index is 14.2. The van der Waals surface area contributed by atoms with Gasteiger partial charge in [-0.05, 0) is 188 Å². The van der Waals surface area contributed by atoms with Gasteiger partial charge in [-0.2, -0.15) is 0 Å². The number of amides is 9. The molecule has 7 rings (SSSR count). The Balaban J connectivity index is 0.864. The molecule has 0 radical (unpaired) electrons. The fourth-order valence-corrected chi connectivity index (χ4v) is 21.1. The molecule has 3 saturated heterocycles. The largest absolute Gasteiger partial charge is 0.462 e. The van der Waals surface area contributed by atoms with Crippen LogP contribution in [0.4, 0.5) is 0 Å². The number of rotatable bonds is 75. The molecule has 0 aromatic carbocycles. The number of fused-ring (bicyclic) bond motifs is 5.